The Labute approximate surface area is 335 Å². The molecular weight excluding hydrogens is 691 g/mol. The molecular formula is C47H78NO7+. The van der Waals surface area contributed by atoms with Crippen molar-refractivity contribution in [2.75, 3.05) is 41.0 Å². The number of carbonyl (C=O) groups is 3. The average molecular weight is 769 g/mol. The van der Waals surface area contributed by atoms with Gasteiger partial charge in [0.2, 0.25) is 0 Å². The van der Waals surface area contributed by atoms with E-state index >= 15 is 0 Å². The zero-order valence-corrected chi connectivity index (χ0v) is 35.3. The molecule has 2 unspecified atom stereocenters. The Bertz CT molecular complexity index is 1170. The Hall–Kier alpha value is -3.49. The molecule has 0 saturated carbocycles. The first-order valence-corrected chi connectivity index (χ1v) is 21.1. The van der Waals surface area contributed by atoms with E-state index < -0.39 is 18.1 Å². The number of nitrogens with zero attached hydrogens (tertiary/aromatic N) is 1. The fourth-order valence-electron chi connectivity index (χ4n) is 5.49. The third kappa shape index (κ3) is 35.9. The third-order valence-corrected chi connectivity index (χ3v) is 8.78. The van der Waals surface area contributed by atoms with E-state index in [9.17, 15) is 19.5 Å². The topological polar surface area (TPSA) is 99.1 Å². The monoisotopic (exact) mass is 769 g/mol. The van der Waals surface area contributed by atoms with Gasteiger partial charge in [0.1, 0.15) is 6.61 Å². The highest BCUT2D eigenvalue weighted by atomic mass is 16.6. The van der Waals surface area contributed by atoms with Gasteiger partial charge in [-0.05, 0) is 77.0 Å². The van der Waals surface area contributed by atoms with Crippen molar-refractivity contribution in [3.8, 4) is 0 Å². The molecule has 55 heavy (non-hydrogen) atoms. The molecule has 312 valence electrons. The Balaban J connectivity index is 4.52. The minimum absolute atomic E-state index is 0.0286. The minimum Gasteiger partial charge on any atom is -0.477 e. The molecule has 0 aromatic carbocycles. The molecule has 0 heterocycles. The van der Waals surface area contributed by atoms with Crippen molar-refractivity contribution in [2.45, 2.75) is 154 Å². The van der Waals surface area contributed by atoms with Gasteiger partial charge in [-0.25, -0.2) is 4.79 Å². The van der Waals surface area contributed by atoms with Crippen LogP contribution < -0.4 is 0 Å². The van der Waals surface area contributed by atoms with E-state index in [4.69, 9.17) is 14.2 Å². The summed E-state index contributed by atoms with van der Waals surface area (Å²) in [6, 6.07) is -0.631. The standard InChI is InChI=1S/C47H77NO7/c1-6-8-10-12-14-16-18-20-22-23-24-26-28-30-32-34-36-38-46(50)55-43(41-53-40-39-44(47(51)52)48(3,4)5)42-54-45(49)37-35-33-31-29-27-25-21-19-17-15-13-11-9-7-2/h8,10,13-16,19-22,24,26,30,32,43-44H,6-7,9,11-12,17-18,23,25,27-29,31,33-42H2,1-5H3/p+1/b10-8-,15-13-,16-14-,21-19-,22-20-,26-24-,32-30-. The zero-order chi connectivity index (χ0) is 40.7. The molecule has 0 amide bonds. The van der Waals surface area contributed by atoms with Crippen LogP contribution in [0.15, 0.2) is 85.1 Å². The van der Waals surface area contributed by atoms with Crippen molar-refractivity contribution in [3.05, 3.63) is 85.1 Å². The molecule has 0 radical (unpaired) electrons. The normalized spacial score (nSPS) is 13.8. The van der Waals surface area contributed by atoms with Gasteiger partial charge in [-0.3, -0.25) is 9.59 Å². The van der Waals surface area contributed by atoms with Gasteiger partial charge in [0.25, 0.3) is 0 Å². The molecule has 0 saturated heterocycles. The van der Waals surface area contributed by atoms with Crippen molar-refractivity contribution in [1.29, 1.82) is 0 Å². The minimum atomic E-state index is -0.890. The summed E-state index contributed by atoms with van der Waals surface area (Å²) in [5.41, 5.74) is 0. The number of carboxylic acids is 1. The summed E-state index contributed by atoms with van der Waals surface area (Å²) in [4.78, 5) is 36.9. The SMILES string of the molecule is CC/C=C\C/C=C\C/C=C\C/C=C\C/C=C\CCCC(=O)OC(COCCC(C(=O)O)[N+](C)(C)C)COC(=O)CCCCCCC/C=C\C/C=C\CCCC. The van der Waals surface area contributed by atoms with E-state index in [2.05, 4.69) is 98.9 Å². The number of carboxylic acid groups (broad SMARTS) is 1. The molecule has 8 heteroatoms. The van der Waals surface area contributed by atoms with Crippen LogP contribution in [0.1, 0.15) is 142 Å². The van der Waals surface area contributed by atoms with Gasteiger partial charge >= 0.3 is 17.9 Å². The fourth-order valence-corrected chi connectivity index (χ4v) is 5.49. The number of hydrogen-bond acceptors (Lipinski definition) is 6. The highest BCUT2D eigenvalue weighted by Crippen LogP contribution is 2.12. The van der Waals surface area contributed by atoms with Crippen LogP contribution in [0.3, 0.4) is 0 Å². The number of ether oxygens (including phenoxy) is 3. The van der Waals surface area contributed by atoms with Crippen LogP contribution in [0.4, 0.5) is 0 Å². The Morgan fingerprint density at radius 3 is 1.56 bits per heavy atom. The number of hydrogen-bond donors (Lipinski definition) is 1. The van der Waals surface area contributed by atoms with Gasteiger partial charge in [-0.1, -0.05) is 131 Å². The van der Waals surface area contributed by atoms with Crippen molar-refractivity contribution >= 4 is 17.9 Å². The molecule has 0 aliphatic carbocycles. The number of carbonyl (C=O) groups excluding carboxylic acids is 2. The molecule has 0 aliphatic heterocycles. The molecule has 2 atom stereocenters. The van der Waals surface area contributed by atoms with Gasteiger partial charge in [0, 0.05) is 19.3 Å². The van der Waals surface area contributed by atoms with Crippen LogP contribution in [0.2, 0.25) is 0 Å². The lowest BCUT2D eigenvalue weighted by Gasteiger charge is -2.31. The van der Waals surface area contributed by atoms with Gasteiger partial charge in [-0.2, -0.15) is 0 Å². The van der Waals surface area contributed by atoms with E-state index in [1.165, 1.54) is 19.3 Å². The van der Waals surface area contributed by atoms with Crippen LogP contribution in [-0.2, 0) is 28.6 Å². The van der Waals surface area contributed by atoms with Gasteiger partial charge in [0.05, 0.1) is 34.4 Å². The maximum atomic E-state index is 12.7. The lowest BCUT2D eigenvalue weighted by molar-refractivity contribution is -0.887. The molecule has 0 aliphatic rings. The molecule has 0 spiro atoms. The van der Waals surface area contributed by atoms with Gasteiger partial charge in [-0.15, -0.1) is 0 Å². The number of esters is 2. The van der Waals surface area contributed by atoms with Crippen molar-refractivity contribution in [3.63, 3.8) is 0 Å². The number of quaternary nitrogens is 1. The summed E-state index contributed by atoms with van der Waals surface area (Å²) in [6.45, 7) is 4.48. The second-order valence-electron chi connectivity index (χ2n) is 14.9. The summed E-state index contributed by atoms with van der Waals surface area (Å²) in [6.07, 6.45) is 47.7. The molecule has 0 bridgehead atoms. The predicted octanol–water partition coefficient (Wildman–Crippen LogP) is 11.4. The molecule has 0 rings (SSSR count). The fraction of sp³-hybridized carbons (Fsp3) is 0.638. The first-order valence-electron chi connectivity index (χ1n) is 21.1. The zero-order valence-electron chi connectivity index (χ0n) is 35.3. The van der Waals surface area contributed by atoms with Crippen molar-refractivity contribution in [2.24, 2.45) is 0 Å². The second kappa shape index (κ2) is 37.4. The van der Waals surface area contributed by atoms with Crippen LogP contribution >= 0.6 is 0 Å². The molecule has 0 aromatic rings. The first kappa shape index (κ1) is 51.5. The first-order chi connectivity index (χ1) is 26.6. The maximum Gasteiger partial charge on any atom is 0.362 e. The summed E-state index contributed by atoms with van der Waals surface area (Å²) >= 11 is 0. The van der Waals surface area contributed by atoms with Crippen molar-refractivity contribution in [1.82, 2.24) is 0 Å². The smallest absolute Gasteiger partial charge is 0.362 e. The van der Waals surface area contributed by atoms with E-state index in [0.717, 1.165) is 83.5 Å². The molecule has 8 nitrogen and oxygen atoms in total. The number of rotatable bonds is 36. The van der Waals surface area contributed by atoms with E-state index in [-0.39, 0.29) is 42.7 Å². The largest absolute Gasteiger partial charge is 0.477 e. The van der Waals surface area contributed by atoms with Crippen LogP contribution in [-0.4, -0.2) is 80.6 Å². The lowest BCUT2D eigenvalue weighted by atomic mass is 10.1. The molecule has 0 fully saturated rings. The predicted molar refractivity (Wildman–Crippen MR) is 229 cm³/mol. The van der Waals surface area contributed by atoms with Crippen LogP contribution in [0, 0.1) is 0 Å². The summed E-state index contributed by atoms with van der Waals surface area (Å²) in [7, 11) is 5.49. The van der Waals surface area contributed by atoms with E-state index in [0.29, 0.717) is 19.3 Å². The van der Waals surface area contributed by atoms with Crippen molar-refractivity contribution < 1.29 is 38.2 Å². The molecule has 0 aromatic heterocycles. The maximum absolute atomic E-state index is 12.7. The number of likely N-dealkylation sites (N-methyl/N-ethyl adjacent to an activating group) is 1. The van der Waals surface area contributed by atoms with Crippen LogP contribution in [0.5, 0.6) is 0 Å². The van der Waals surface area contributed by atoms with E-state index in [1.54, 1.807) is 0 Å². The Morgan fingerprint density at radius 2 is 1.04 bits per heavy atom. The highest BCUT2D eigenvalue weighted by Gasteiger charge is 2.31. The summed E-state index contributed by atoms with van der Waals surface area (Å²) in [5.74, 6) is -1.58. The quantitative estimate of drug-likeness (QED) is 0.0293. The molecule has 1 N–H and O–H groups in total. The number of aliphatic carboxylic acids is 1. The number of unbranched alkanes of at least 4 members (excludes halogenated alkanes) is 8. The van der Waals surface area contributed by atoms with E-state index in [1.807, 2.05) is 21.1 Å². The Morgan fingerprint density at radius 1 is 0.564 bits per heavy atom. The average Bonchev–Trinajstić information content (AvgIpc) is 3.14. The summed E-state index contributed by atoms with van der Waals surface area (Å²) < 4.78 is 17.2. The third-order valence-electron chi connectivity index (χ3n) is 8.78. The van der Waals surface area contributed by atoms with Gasteiger partial charge < -0.3 is 23.8 Å². The number of allylic oxidation sites excluding steroid dienone is 14. The second-order valence-corrected chi connectivity index (χ2v) is 14.9. The van der Waals surface area contributed by atoms with Crippen LogP contribution in [0.25, 0.3) is 0 Å². The summed E-state index contributed by atoms with van der Waals surface area (Å²) in [5, 5.41) is 9.61. The lowest BCUT2D eigenvalue weighted by Crippen LogP contribution is -2.50. The Kier molecular flexibility index (Phi) is 35.1. The highest BCUT2D eigenvalue weighted by molar-refractivity contribution is 5.72. The van der Waals surface area contributed by atoms with Gasteiger partial charge in [0.15, 0.2) is 12.1 Å².